The standard InChI is InChI=1S/C21H33N3O.2ClH/c1-17(19-10-7-11-22-15-19)14-21(25)23-20(16-24-12-5-6-13-24)18-8-3-2-4-9-18;;/h2-4,8-9,17,19-20,22H,5-7,10-16H2,1H3,(H,23,25);2*1H. The minimum atomic E-state index is 0. The number of nitrogens with one attached hydrogen (secondary N) is 2. The van der Waals surface area contributed by atoms with E-state index in [4.69, 9.17) is 0 Å². The Morgan fingerprint density at radius 1 is 1.19 bits per heavy atom. The number of carbonyl (C=O) groups excluding carboxylic acids is 1. The van der Waals surface area contributed by atoms with E-state index in [0.29, 0.717) is 18.3 Å². The van der Waals surface area contributed by atoms with E-state index >= 15 is 0 Å². The SMILES string of the molecule is CC(CC(=O)NC(CN1CCCC1)c1ccccc1)C1CCCNC1.Cl.Cl. The number of likely N-dealkylation sites (tertiary alicyclic amines) is 1. The third-order valence-electron chi connectivity index (χ3n) is 5.82. The monoisotopic (exact) mass is 415 g/mol. The zero-order valence-electron chi connectivity index (χ0n) is 16.4. The lowest BCUT2D eigenvalue weighted by Crippen LogP contribution is -2.39. The lowest BCUT2D eigenvalue weighted by Gasteiger charge is -2.29. The summed E-state index contributed by atoms with van der Waals surface area (Å²) in [5.41, 5.74) is 1.22. The molecule has 0 aromatic heterocycles. The molecule has 1 aromatic carbocycles. The summed E-state index contributed by atoms with van der Waals surface area (Å²) in [6.07, 6.45) is 5.67. The molecule has 2 N–H and O–H groups in total. The molecule has 2 heterocycles. The van der Waals surface area contributed by atoms with Crippen molar-refractivity contribution in [1.82, 2.24) is 15.5 Å². The quantitative estimate of drug-likeness (QED) is 0.711. The second-order valence-corrected chi connectivity index (χ2v) is 7.83. The van der Waals surface area contributed by atoms with Gasteiger partial charge in [0.2, 0.25) is 5.91 Å². The van der Waals surface area contributed by atoms with Gasteiger partial charge in [0.05, 0.1) is 6.04 Å². The van der Waals surface area contributed by atoms with Gasteiger partial charge < -0.3 is 15.5 Å². The summed E-state index contributed by atoms with van der Waals surface area (Å²) >= 11 is 0. The topological polar surface area (TPSA) is 44.4 Å². The number of piperidine rings is 1. The zero-order chi connectivity index (χ0) is 17.5. The highest BCUT2D eigenvalue weighted by Crippen LogP contribution is 2.23. The molecular formula is C21H35Cl2N3O. The maximum absolute atomic E-state index is 12.7. The minimum Gasteiger partial charge on any atom is -0.348 e. The van der Waals surface area contributed by atoms with E-state index in [1.54, 1.807) is 0 Å². The van der Waals surface area contributed by atoms with Crippen LogP contribution in [0.1, 0.15) is 50.6 Å². The van der Waals surface area contributed by atoms with Gasteiger partial charge >= 0.3 is 0 Å². The van der Waals surface area contributed by atoms with Gasteiger partial charge in [0.1, 0.15) is 0 Å². The Labute approximate surface area is 176 Å². The van der Waals surface area contributed by atoms with Crippen molar-refractivity contribution in [3.63, 3.8) is 0 Å². The van der Waals surface area contributed by atoms with Crippen LogP contribution >= 0.6 is 24.8 Å². The summed E-state index contributed by atoms with van der Waals surface area (Å²) in [4.78, 5) is 15.2. The first-order valence-electron chi connectivity index (χ1n) is 10.00. The van der Waals surface area contributed by atoms with E-state index in [0.717, 1.165) is 32.7 Å². The Morgan fingerprint density at radius 3 is 2.52 bits per heavy atom. The second-order valence-electron chi connectivity index (χ2n) is 7.83. The third-order valence-corrected chi connectivity index (χ3v) is 5.82. The van der Waals surface area contributed by atoms with Crippen LogP contribution in [0.2, 0.25) is 0 Å². The van der Waals surface area contributed by atoms with E-state index in [1.165, 1.54) is 31.2 Å². The van der Waals surface area contributed by atoms with Crippen molar-refractivity contribution in [3.8, 4) is 0 Å². The predicted octanol–water partition coefficient (Wildman–Crippen LogP) is 3.81. The first kappa shape index (κ1) is 24.2. The Morgan fingerprint density at radius 2 is 1.89 bits per heavy atom. The number of carbonyl (C=O) groups is 1. The van der Waals surface area contributed by atoms with Gasteiger partial charge in [0, 0.05) is 13.0 Å². The van der Waals surface area contributed by atoms with Crippen LogP contribution in [0.5, 0.6) is 0 Å². The zero-order valence-corrected chi connectivity index (χ0v) is 18.0. The Balaban J connectivity index is 0.00000182. The molecule has 4 nitrogen and oxygen atoms in total. The Bertz CT molecular complexity index is 531. The average Bonchev–Trinajstić information content (AvgIpc) is 3.16. The summed E-state index contributed by atoms with van der Waals surface area (Å²) in [6, 6.07) is 10.5. The Kier molecular flexibility index (Phi) is 11.3. The number of halogens is 2. The molecule has 1 aromatic rings. The lowest BCUT2D eigenvalue weighted by molar-refractivity contribution is -0.123. The van der Waals surface area contributed by atoms with Crippen molar-refractivity contribution >= 4 is 30.7 Å². The Hall–Kier alpha value is -0.810. The van der Waals surface area contributed by atoms with E-state index in [9.17, 15) is 4.79 Å². The summed E-state index contributed by atoms with van der Waals surface area (Å²) in [5, 5.41) is 6.79. The summed E-state index contributed by atoms with van der Waals surface area (Å²) in [6.45, 7) is 7.66. The molecule has 3 atom stereocenters. The molecule has 0 bridgehead atoms. The van der Waals surface area contributed by atoms with Crippen LogP contribution in [0, 0.1) is 11.8 Å². The minimum absolute atomic E-state index is 0. The molecule has 2 fully saturated rings. The van der Waals surface area contributed by atoms with Gasteiger partial charge in [-0.15, -0.1) is 24.8 Å². The molecule has 154 valence electrons. The van der Waals surface area contributed by atoms with E-state index in [1.807, 2.05) is 6.07 Å². The molecule has 0 aliphatic carbocycles. The molecule has 27 heavy (non-hydrogen) atoms. The smallest absolute Gasteiger partial charge is 0.220 e. The third kappa shape index (κ3) is 7.61. The van der Waals surface area contributed by atoms with Crippen LogP contribution in [0.4, 0.5) is 0 Å². The lowest BCUT2D eigenvalue weighted by atomic mass is 9.85. The first-order chi connectivity index (χ1) is 12.2. The largest absolute Gasteiger partial charge is 0.348 e. The van der Waals surface area contributed by atoms with Crippen molar-refractivity contribution in [1.29, 1.82) is 0 Å². The highest BCUT2D eigenvalue weighted by molar-refractivity contribution is 5.85. The fourth-order valence-corrected chi connectivity index (χ4v) is 4.22. The van der Waals surface area contributed by atoms with Crippen LogP contribution in [0.25, 0.3) is 0 Å². The predicted molar refractivity (Wildman–Crippen MR) is 117 cm³/mol. The first-order valence-corrected chi connectivity index (χ1v) is 10.00. The number of benzene rings is 1. The number of amides is 1. The maximum Gasteiger partial charge on any atom is 0.220 e. The fraction of sp³-hybridized carbons (Fsp3) is 0.667. The molecule has 2 aliphatic rings. The van der Waals surface area contributed by atoms with E-state index in [2.05, 4.69) is 46.7 Å². The second kappa shape index (κ2) is 12.6. The molecule has 2 aliphatic heterocycles. The molecule has 0 spiro atoms. The van der Waals surface area contributed by atoms with Gasteiger partial charge in [-0.1, -0.05) is 37.3 Å². The molecule has 2 saturated heterocycles. The summed E-state index contributed by atoms with van der Waals surface area (Å²) in [5.74, 6) is 1.27. The van der Waals surface area contributed by atoms with Gasteiger partial charge in [-0.3, -0.25) is 4.79 Å². The van der Waals surface area contributed by atoms with Crippen molar-refractivity contribution in [2.75, 3.05) is 32.7 Å². The molecular weight excluding hydrogens is 381 g/mol. The highest BCUT2D eigenvalue weighted by atomic mass is 35.5. The number of hydrogen-bond acceptors (Lipinski definition) is 3. The summed E-state index contributed by atoms with van der Waals surface area (Å²) < 4.78 is 0. The van der Waals surface area contributed by atoms with Gasteiger partial charge in [0.25, 0.3) is 0 Å². The number of nitrogens with zero attached hydrogens (tertiary/aromatic N) is 1. The maximum atomic E-state index is 12.7. The molecule has 3 unspecified atom stereocenters. The van der Waals surface area contributed by atoms with Gasteiger partial charge in [0.15, 0.2) is 0 Å². The molecule has 0 radical (unpaired) electrons. The van der Waals surface area contributed by atoms with Gasteiger partial charge in [-0.05, 0) is 69.3 Å². The van der Waals surface area contributed by atoms with Gasteiger partial charge in [-0.2, -0.15) is 0 Å². The molecule has 3 rings (SSSR count). The number of hydrogen-bond donors (Lipinski definition) is 2. The fourth-order valence-electron chi connectivity index (χ4n) is 4.22. The average molecular weight is 416 g/mol. The van der Waals surface area contributed by atoms with Crippen molar-refractivity contribution in [3.05, 3.63) is 35.9 Å². The summed E-state index contributed by atoms with van der Waals surface area (Å²) in [7, 11) is 0. The molecule has 0 saturated carbocycles. The van der Waals surface area contributed by atoms with Crippen molar-refractivity contribution < 1.29 is 4.79 Å². The molecule has 1 amide bonds. The van der Waals surface area contributed by atoms with E-state index < -0.39 is 0 Å². The van der Waals surface area contributed by atoms with Gasteiger partial charge in [-0.25, -0.2) is 0 Å². The highest BCUT2D eigenvalue weighted by Gasteiger charge is 2.25. The van der Waals surface area contributed by atoms with Crippen LogP contribution in [-0.4, -0.2) is 43.5 Å². The van der Waals surface area contributed by atoms with Crippen molar-refractivity contribution in [2.45, 2.75) is 45.1 Å². The van der Waals surface area contributed by atoms with E-state index in [-0.39, 0.29) is 36.8 Å². The van der Waals surface area contributed by atoms with Crippen LogP contribution in [0.3, 0.4) is 0 Å². The van der Waals surface area contributed by atoms with Crippen molar-refractivity contribution in [2.24, 2.45) is 11.8 Å². The van der Waals surface area contributed by atoms with Crippen LogP contribution < -0.4 is 10.6 Å². The van der Waals surface area contributed by atoms with Crippen LogP contribution in [0.15, 0.2) is 30.3 Å². The number of rotatable bonds is 7. The van der Waals surface area contributed by atoms with Crippen LogP contribution in [-0.2, 0) is 4.79 Å². The normalized spacial score (nSPS) is 22.2. The molecule has 6 heteroatoms.